The average molecular weight is 495 g/mol. The summed E-state index contributed by atoms with van der Waals surface area (Å²) in [7, 11) is 1.62. The number of hydrogen-bond acceptors (Lipinski definition) is 5. The van der Waals surface area contributed by atoms with E-state index in [-0.39, 0.29) is 5.91 Å². The molecule has 4 aromatic rings. The van der Waals surface area contributed by atoms with Gasteiger partial charge in [-0.25, -0.2) is 4.98 Å². The van der Waals surface area contributed by atoms with Crippen molar-refractivity contribution in [2.75, 3.05) is 19.0 Å². The maximum absolute atomic E-state index is 12.7. The zero-order valence-electron chi connectivity index (χ0n) is 18.0. The number of amides is 1. The van der Waals surface area contributed by atoms with Crippen LogP contribution in [-0.2, 0) is 0 Å². The molecule has 0 aliphatic rings. The number of nitrogens with zero attached hydrogens (tertiary/aromatic N) is 1. The lowest BCUT2D eigenvalue weighted by Crippen LogP contribution is -2.12. The Kier molecular flexibility index (Phi) is 6.46. The molecule has 0 aliphatic carbocycles. The fraction of sp³-hybridized carbons (Fsp3) is 0.200. The van der Waals surface area contributed by atoms with E-state index in [9.17, 15) is 4.79 Å². The van der Waals surface area contributed by atoms with Crippen LogP contribution in [0.1, 0.15) is 24.2 Å². The predicted octanol–water partition coefficient (Wildman–Crippen LogP) is 6.55. The van der Waals surface area contributed by atoms with Gasteiger partial charge in [0.25, 0.3) is 5.91 Å². The molecule has 1 N–H and O–H groups in total. The van der Waals surface area contributed by atoms with Crippen LogP contribution in [0.4, 0.5) is 5.69 Å². The van der Waals surface area contributed by atoms with Gasteiger partial charge < -0.3 is 19.2 Å². The van der Waals surface area contributed by atoms with Gasteiger partial charge >= 0.3 is 0 Å². The second-order valence-electron chi connectivity index (χ2n) is 7.74. The second kappa shape index (κ2) is 9.44. The normalized spacial score (nSPS) is 11.0. The molecule has 0 spiro atoms. The van der Waals surface area contributed by atoms with Crippen molar-refractivity contribution in [3.63, 3.8) is 0 Å². The summed E-state index contributed by atoms with van der Waals surface area (Å²) < 4.78 is 17.7. The molecule has 3 aromatic carbocycles. The standard InChI is InChI=1S/C25H23BrN2O4/c1-15(2)14-31-19-6-4-5-16(11-19)24(29)27-18-8-10-23-21(13-18)28-25(32-23)17-7-9-22(30-3)20(26)12-17/h4-13,15H,14H2,1-3H3,(H,27,29). The van der Waals surface area contributed by atoms with Gasteiger partial charge in [0.15, 0.2) is 5.58 Å². The van der Waals surface area contributed by atoms with Gasteiger partial charge in [-0.1, -0.05) is 19.9 Å². The highest BCUT2D eigenvalue weighted by molar-refractivity contribution is 9.10. The van der Waals surface area contributed by atoms with Crippen LogP contribution in [0.3, 0.4) is 0 Å². The maximum Gasteiger partial charge on any atom is 0.255 e. The largest absolute Gasteiger partial charge is 0.496 e. The van der Waals surface area contributed by atoms with Gasteiger partial charge in [-0.2, -0.15) is 0 Å². The molecule has 0 bridgehead atoms. The molecule has 7 heteroatoms. The fourth-order valence-electron chi connectivity index (χ4n) is 3.12. The van der Waals surface area contributed by atoms with Crippen molar-refractivity contribution in [1.82, 2.24) is 4.98 Å². The Bertz CT molecular complexity index is 1270. The monoisotopic (exact) mass is 494 g/mol. The van der Waals surface area contributed by atoms with E-state index in [1.165, 1.54) is 0 Å². The number of carbonyl (C=O) groups is 1. The number of oxazole rings is 1. The summed E-state index contributed by atoms with van der Waals surface area (Å²) in [6.07, 6.45) is 0. The molecule has 164 valence electrons. The van der Waals surface area contributed by atoms with E-state index in [0.29, 0.717) is 46.5 Å². The molecular weight excluding hydrogens is 472 g/mol. The van der Waals surface area contributed by atoms with E-state index < -0.39 is 0 Å². The second-order valence-corrected chi connectivity index (χ2v) is 8.59. The van der Waals surface area contributed by atoms with Gasteiger partial charge in [0.05, 0.1) is 18.2 Å². The summed E-state index contributed by atoms with van der Waals surface area (Å²) >= 11 is 3.48. The summed E-state index contributed by atoms with van der Waals surface area (Å²) in [4.78, 5) is 17.3. The first-order valence-electron chi connectivity index (χ1n) is 10.2. The Balaban J connectivity index is 1.52. The van der Waals surface area contributed by atoms with Crippen LogP contribution in [0.5, 0.6) is 11.5 Å². The molecule has 6 nitrogen and oxygen atoms in total. The first-order chi connectivity index (χ1) is 15.4. The smallest absolute Gasteiger partial charge is 0.255 e. The van der Waals surface area contributed by atoms with Crippen molar-refractivity contribution in [1.29, 1.82) is 0 Å². The molecule has 0 aliphatic heterocycles. The minimum Gasteiger partial charge on any atom is -0.496 e. The Labute approximate surface area is 194 Å². The minimum atomic E-state index is -0.220. The van der Waals surface area contributed by atoms with Crippen molar-refractivity contribution in [2.24, 2.45) is 5.92 Å². The number of carbonyl (C=O) groups excluding carboxylic acids is 1. The van der Waals surface area contributed by atoms with Crippen LogP contribution >= 0.6 is 15.9 Å². The molecule has 0 unspecified atom stereocenters. The van der Waals surface area contributed by atoms with Crippen LogP contribution in [0.25, 0.3) is 22.6 Å². The lowest BCUT2D eigenvalue weighted by molar-refractivity contribution is 0.102. The Morgan fingerprint density at radius 1 is 1.12 bits per heavy atom. The first-order valence-corrected chi connectivity index (χ1v) is 11.0. The van der Waals surface area contributed by atoms with Gasteiger partial charge in [0.1, 0.15) is 17.0 Å². The molecule has 0 fully saturated rings. The Morgan fingerprint density at radius 2 is 1.97 bits per heavy atom. The molecule has 0 atom stereocenters. The maximum atomic E-state index is 12.7. The lowest BCUT2D eigenvalue weighted by Gasteiger charge is -2.10. The number of nitrogens with one attached hydrogen (secondary N) is 1. The van der Waals surface area contributed by atoms with Crippen molar-refractivity contribution >= 4 is 38.6 Å². The quantitative estimate of drug-likeness (QED) is 0.315. The van der Waals surface area contributed by atoms with E-state index in [0.717, 1.165) is 15.8 Å². The molecular formula is C25H23BrN2O4. The number of aromatic nitrogens is 1. The highest BCUT2D eigenvalue weighted by Gasteiger charge is 2.13. The number of ether oxygens (including phenoxy) is 2. The zero-order valence-corrected chi connectivity index (χ0v) is 19.6. The summed E-state index contributed by atoms with van der Waals surface area (Å²) in [5.74, 6) is 2.08. The number of fused-ring (bicyclic) bond motifs is 1. The average Bonchev–Trinajstić information content (AvgIpc) is 3.21. The highest BCUT2D eigenvalue weighted by Crippen LogP contribution is 2.32. The van der Waals surface area contributed by atoms with Crippen LogP contribution in [-0.4, -0.2) is 24.6 Å². The number of halogens is 1. The van der Waals surface area contributed by atoms with E-state index in [1.54, 1.807) is 37.4 Å². The minimum absolute atomic E-state index is 0.220. The lowest BCUT2D eigenvalue weighted by atomic mass is 10.2. The van der Waals surface area contributed by atoms with Crippen LogP contribution in [0, 0.1) is 5.92 Å². The first kappa shape index (κ1) is 21.9. The molecule has 0 saturated heterocycles. The SMILES string of the molecule is COc1ccc(-c2nc3cc(NC(=O)c4cccc(OCC(C)C)c4)ccc3o2)cc1Br. The predicted molar refractivity (Wildman–Crippen MR) is 128 cm³/mol. The number of hydrogen-bond donors (Lipinski definition) is 1. The molecule has 32 heavy (non-hydrogen) atoms. The molecule has 1 heterocycles. The van der Waals surface area contributed by atoms with Crippen LogP contribution in [0.2, 0.25) is 0 Å². The van der Waals surface area contributed by atoms with Crippen LogP contribution < -0.4 is 14.8 Å². The topological polar surface area (TPSA) is 73.6 Å². The van der Waals surface area contributed by atoms with Crippen molar-refractivity contribution < 1.29 is 18.7 Å². The highest BCUT2D eigenvalue weighted by atomic mass is 79.9. The third kappa shape index (κ3) is 4.94. The molecule has 1 amide bonds. The van der Waals surface area contributed by atoms with Crippen molar-refractivity contribution in [2.45, 2.75) is 13.8 Å². The van der Waals surface area contributed by atoms with Crippen LogP contribution in [0.15, 0.2) is 69.6 Å². The Hall–Kier alpha value is -3.32. The van der Waals surface area contributed by atoms with Gasteiger partial charge in [0.2, 0.25) is 5.89 Å². The fourth-order valence-corrected chi connectivity index (χ4v) is 3.66. The van der Waals surface area contributed by atoms with Gasteiger partial charge in [-0.3, -0.25) is 4.79 Å². The summed E-state index contributed by atoms with van der Waals surface area (Å²) in [6, 6.07) is 18.1. The number of methoxy groups -OCH3 is 1. The van der Waals surface area contributed by atoms with Crippen molar-refractivity contribution in [3.8, 4) is 23.0 Å². The number of benzene rings is 3. The third-order valence-corrected chi connectivity index (χ3v) is 5.34. The van der Waals surface area contributed by atoms with E-state index in [1.807, 2.05) is 30.3 Å². The van der Waals surface area contributed by atoms with E-state index in [4.69, 9.17) is 13.9 Å². The zero-order chi connectivity index (χ0) is 22.7. The molecule has 4 rings (SSSR count). The number of anilines is 1. The molecule has 1 aromatic heterocycles. The van der Waals surface area contributed by atoms with Gasteiger partial charge in [-0.05, 0) is 76.4 Å². The molecule has 0 radical (unpaired) electrons. The third-order valence-electron chi connectivity index (χ3n) is 4.72. The number of rotatable bonds is 7. The van der Waals surface area contributed by atoms with Gasteiger partial charge in [0, 0.05) is 16.8 Å². The summed E-state index contributed by atoms with van der Waals surface area (Å²) in [5.41, 5.74) is 3.26. The summed E-state index contributed by atoms with van der Waals surface area (Å²) in [6.45, 7) is 4.76. The summed E-state index contributed by atoms with van der Waals surface area (Å²) in [5, 5.41) is 2.92. The molecule has 0 saturated carbocycles. The Morgan fingerprint density at radius 3 is 2.72 bits per heavy atom. The van der Waals surface area contributed by atoms with Crippen molar-refractivity contribution in [3.05, 3.63) is 70.7 Å². The van der Waals surface area contributed by atoms with Gasteiger partial charge in [-0.15, -0.1) is 0 Å². The van der Waals surface area contributed by atoms with E-state index in [2.05, 4.69) is 40.1 Å². The van der Waals surface area contributed by atoms with E-state index >= 15 is 0 Å².